The van der Waals surface area contributed by atoms with Crippen molar-refractivity contribution in [2.24, 2.45) is 5.41 Å². The molecule has 0 saturated heterocycles. The Kier molecular flexibility index (Phi) is 3.83. The molecule has 1 aliphatic carbocycles. The maximum atomic E-state index is 11.7. The maximum absolute atomic E-state index is 11.7. The Hall–Kier alpha value is -2.24. The molecule has 1 fully saturated rings. The van der Waals surface area contributed by atoms with E-state index in [1.54, 1.807) is 0 Å². The van der Waals surface area contributed by atoms with Gasteiger partial charge in [-0.05, 0) is 36.8 Å². The summed E-state index contributed by atoms with van der Waals surface area (Å²) < 4.78 is 0. The van der Waals surface area contributed by atoms with Crippen molar-refractivity contribution in [3.8, 4) is 5.75 Å². The van der Waals surface area contributed by atoms with Crippen LogP contribution in [-0.2, 0) is 0 Å². The van der Waals surface area contributed by atoms with Crippen LogP contribution in [0, 0.1) is 5.41 Å². The zero-order valence-electron chi connectivity index (χ0n) is 11.3. The van der Waals surface area contributed by atoms with Crippen molar-refractivity contribution in [3.63, 3.8) is 0 Å². The molecule has 1 saturated carbocycles. The molecular formula is C14H18N2O4. The second kappa shape index (κ2) is 5.40. The lowest BCUT2D eigenvalue weighted by Gasteiger charge is -2.14. The van der Waals surface area contributed by atoms with E-state index in [-0.39, 0.29) is 22.8 Å². The standard InChI is InChI=1S/C14H18N2O4/c1-2-14(5-6-14)8-15-13(20)16-9-3-4-10(12(18)19)11(17)7-9/h3-4,7,17H,2,5-6,8H2,1H3,(H,18,19)(H2,15,16,20). The van der Waals surface area contributed by atoms with E-state index in [0.717, 1.165) is 19.3 Å². The molecule has 6 heteroatoms. The van der Waals surface area contributed by atoms with E-state index < -0.39 is 5.97 Å². The molecule has 0 heterocycles. The molecule has 0 atom stereocenters. The fourth-order valence-corrected chi connectivity index (χ4v) is 2.07. The fourth-order valence-electron chi connectivity index (χ4n) is 2.07. The van der Waals surface area contributed by atoms with Gasteiger partial charge in [0.05, 0.1) is 0 Å². The Labute approximate surface area is 116 Å². The third kappa shape index (κ3) is 3.20. The topological polar surface area (TPSA) is 98.7 Å². The number of aromatic hydroxyl groups is 1. The Morgan fingerprint density at radius 2 is 2.05 bits per heavy atom. The lowest BCUT2D eigenvalue weighted by molar-refractivity contribution is 0.0694. The third-order valence-corrected chi connectivity index (χ3v) is 3.82. The van der Waals surface area contributed by atoms with Crippen LogP contribution >= 0.6 is 0 Å². The highest BCUT2D eigenvalue weighted by atomic mass is 16.4. The average Bonchev–Trinajstić information content (AvgIpc) is 3.17. The summed E-state index contributed by atoms with van der Waals surface area (Å²) in [6.45, 7) is 2.74. The number of carbonyl (C=O) groups is 2. The SMILES string of the molecule is CCC1(CNC(=O)Nc2ccc(C(=O)O)c(O)c2)CC1. The van der Waals surface area contributed by atoms with Gasteiger partial charge in [0.2, 0.25) is 0 Å². The number of urea groups is 1. The lowest BCUT2D eigenvalue weighted by atomic mass is 10.0. The van der Waals surface area contributed by atoms with Gasteiger partial charge in [0, 0.05) is 18.3 Å². The van der Waals surface area contributed by atoms with Crippen LogP contribution < -0.4 is 10.6 Å². The quantitative estimate of drug-likeness (QED) is 0.664. The van der Waals surface area contributed by atoms with Crippen LogP contribution in [0.25, 0.3) is 0 Å². The smallest absolute Gasteiger partial charge is 0.339 e. The van der Waals surface area contributed by atoms with Crippen molar-refractivity contribution in [2.45, 2.75) is 26.2 Å². The van der Waals surface area contributed by atoms with Gasteiger partial charge in [0.25, 0.3) is 0 Å². The van der Waals surface area contributed by atoms with Crippen LogP contribution in [0.15, 0.2) is 18.2 Å². The van der Waals surface area contributed by atoms with Crippen molar-refractivity contribution in [1.82, 2.24) is 5.32 Å². The predicted octanol–water partition coefficient (Wildman–Crippen LogP) is 2.40. The van der Waals surface area contributed by atoms with Gasteiger partial charge >= 0.3 is 12.0 Å². The van der Waals surface area contributed by atoms with E-state index in [1.807, 2.05) is 0 Å². The van der Waals surface area contributed by atoms with Crippen LogP contribution in [-0.4, -0.2) is 28.8 Å². The zero-order valence-corrected chi connectivity index (χ0v) is 11.3. The first-order valence-corrected chi connectivity index (χ1v) is 6.57. The van der Waals surface area contributed by atoms with E-state index in [9.17, 15) is 14.7 Å². The predicted molar refractivity (Wildman–Crippen MR) is 74.0 cm³/mol. The number of carboxylic acid groups (broad SMARTS) is 1. The summed E-state index contributed by atoms with van der Waals surface area (Å²) in [5, 5.41) is 23.7. The van der Waals surface area contributed by atoms with E-state index in [4.69, 9.17) is 5.11 Å². The summed E-state index contributed by atoms with van der Waals surface area (Å²) in [5.41, 5.74) is 0.414. The van der Waals surface area contributed by atoms with Crippen molar-refractivity contribution >= 4 is 17.7 Å². The highest BCUT2D eigenvalue weighted by Crippen LogP contribution is 2.47. The summed E-state index contributed by atoms with van der Waals surface area (Å²) in [4.78, 5) is 22.5. The first kappa shape index (κ1) is 14.2. The van der Waals surface area contributed by atoms with E-state index in [2.05, 4.69) is 17.6 Å². The summed E-state index contributed by atoms with van der Waals surface area (Å²) in [5.74, 6) is -1.58. The second-order valence-electron chi connectivity index (χ2n) is 5.20. The largest absolute Gasteiger partial charge is 0.507 e. The number of hydrogen-bond acceptors (Lipinski definition) is 3. The van der Waals surface area contributed by atoms with E-state index >= 15 is 0 Å². The molecule has 6 nitrogen and oxygen atoms in total. The zero-order chi connectivity index (χ0) is 14.8. The van der Waals surface area contributed by atoms with Gasteiger partial charge in [-0.15, -0.1) is 0 Å². The molecule has 4 N–H and O–H groups in total. The molecule has 2 amide bonds. The number of aromatic carboxylic acids is 1. The van der Waals surface area contributed by atoms with Gasteiger partial charge in [-0.1, -0.05) is 6.92 Å². The summed E-state index contributed by atoms with van der Waals surface area (Å²) in [6, 6.07) is 3.56. The molecular weight excluding hydrogens is 260 g/mol. The van der Waals surface area contributed by atoms with Gasteiger partial charge in [-0.3, -0.25) is 0 Å². The number of benzene rings is 1. The molecule has 0 aromatic heterocycles. The molecule has 0 aliphatic heterocycles. The Morgan fingerprint density at radius 1 is 1.35 bits per heavy atom. The highest BCUT2D eigenvalue weighted by Gasteiger charge is 2.40. The van der Waals surface area contributed by atoms with Gasteiger partial charge in [-0.25, -0.2) is 9.59 Å². The third-order valence-electron chi connectivity index (χ3n) is 3.82. The Morgan fingerprint density at radius 3 is 2.55 bits per heavy atom. The van der Waals surface area contributed by atoms with Crippen LogP contribution in [0.3, 0.4) is 0 Å². The fraction of sp³-hybridized carbons (Fsp3) is 0.429. The molecule has 2 rings (SSSR count). The molecule has 0 spiro atoms. The molecule has 108 valence electrons. The van der Waals surface area contributed by atoms with Crippen LogP contribution in [0.2, 0.25) is 0 Å². The minimum atomic E-state index is -1.21. The molecule has 1 aromatic carbocycles. The number of anilines is 1. The monoisotopic (exact) mass is 278 g/mol. The van der Waals surface area contributed by atoms with Gasteiger partial charge in [-0.2, -0.15) is 0 Å². The number of amides is 2. The minimum Gasteiger partial charge on any atom is -0.507 e. The van der Waals surface area contributed by atoms with E-state index in [0.29, 0.717) is 12.2 Å². The number of nitrogens with one attached hydrogen (secondary N) is 2. The molecule has 0 unspecified atom stereocenters. The van der Waals surface area contributed by atoms with Crippen molar-refractivity contribution in [2.75, 3.05) is 11.9 Å². The second-order valence-corrected chi connectivity index (χ2v) is 5.20. The minimum absolute atomic E-state index is 0.195. The molecule has 20 heavy (non-hydrogen) atoms. The number of carboxylic acids is 1. The van der Waals surface area contributed by atoms with Crippen molar-refractivity contribution in [3.05, 3.63) is 23.8 Å². The molecule has 1 aliphatic rings. The number of phenols is 1. The lowest BCUT2D eigenvalue weighted by Crippen LogP contribution is -2.33. The first-order valence-electron chi connectivity index (χ1n) is 6.57. The number of carbonyl (C=O) groups excluding carboxylic acids is 1. The first-order chi connectivity index (χ1) is 9.46. The summed E-state index contributed by atoms with van der Waals surface area (Å²) in [7, 11) is 0. The van der Waals surface area contributed by atoms with Crippen LogP contribution in [0.5, 0.6) is 5.75 Å². The van der Waals surface area contributed by atoms with Crippen LogP contribution in [0.4, 0.5) is 10.5 Å². The Bertz CT molecular complexity index is 538. The van der Waals surface area contributed by atoms with E-state index in [1.165, 1.54) is 18.2 Å². The summed E-state index contributed by atoms with van der Waals surface area (Å²) >= 11 is 0. The maximum Gasteiger partial charge on any atom is 0.339 e. The highest BCUT2D eigenvalue weighted by molar-refractivity contribution is 5.93. The van der Waals surface area contributed by atoms with Gasteiger partial charge in [0.1, 0.15) is 11.3 Å². The number of hydrogen-bond donors (Lipinski definition) is 4. The van der Waals surface area contributed by atoms with Gasteiger partial charge < -0.3 is 20.8 Å². The molecule has 1 aromatic rings. The summed E-state index contributed by atoms with van der Waals surface area (Å²) in [6.07, 6.45) is 3.32. The van der Waals surface area contributed by atoms with Crippen LogP contribution in [0.1, 0.15) is 36.5 Å². The molecule has 0 bridgehead atoms. The Balaban J connectivity index is 1.91. The van der Waals surface area contributed by atoms with Crippen molar-refractivity contribution in [1.29, 1.82) is 0 Å². The average molecular weight is 278 g/mol. The normalized spacial score (nSPS) is 15.4. The number of rotatable bonds is 5. The molecule has 0 radical (unpaired) electrons. The van der Waals surface area contributed by atoms with Gasteiger partial charge in [0.15, 0.2) is 0 Å². The van der Waals surface area contributed by atoms with Crippen molar-refractivity contribution < 1.29 is 19.8 Å².